The molecule has 0 aliphatic carbocycles. The lowest BCUT2D eigenvalue weighted by Gasteiger charge is -2.16. The number of benzene rings is 1. The van der Waals surface area contributed by atoms with Crippen LogP contribution in [0.2, 0.25) is 0 Å². The molecule has 0 aliphatic rings. The van der Waals surface area contributed by atoms with Gasteiger partial charge >= 0.3 is 7.82 Å². The summed E-state index contributed by atoms with van der Waals surface area (Å²) >= 11 is 3.30. The summed E-state index contributed by atoms with van der Waals surface area (Å²) in [6.45, 7) is 4.00. The Morgan fingerprint density at radius 3 is 2.38 bits per heavy atom. The van der Waals surface area contributed by atoms with Crippen LogP contribution in [0.15, 0.2) is 28.7 Å². The van der Waals surface area contributed by atoms with Crippen LogP contribution in [-0.2, 0) is 13.6 Å². The van der Waals surface area contributed by atoms with Crippen LogP contribution >= 0.6 is 23.8 Å². The minimum atomic E-state index is -3.48. The molecule has 0 aliphatic heterocycles. The SMILES string of the molecule is CCOP(=O)(OCC)Oc1cccc(Br)c1. The molecule has 1 rings (SSSR count). The van der Waals surface area contributed by atoms with E-state index in [-0.39, 0.29) is 13.2 Å². The van der Waals surface area contributed by atoms with E-state index >= 15 is 0 Å². The molecule has 0 spiro atoms. The second kappa shape index (κ2) is 6.40. The van der Waals surface area contributed by atoms with Gasteiger partial charge in [0.25, 0.3) is 0 Å². The van der Waals surface area contributed by atoms with Crippen molar-refractivity contribution in [3.63, 3.8) is 0 Å². The summed E-state index contributed by atoms with van der Waals surface area (Å²) in [5.74, 6) is 0.444. The summed E-state index contributed by atoms with van der Waals surface area (Å²) in [5, 5.41) is 0. The van der Waals surface area contributed by atoms with Gasteiger partial charge in [-0.3, -0.25) is 9.05 Å². The molecule has 4 nitrogen and oxygen atoms in total. The predicted octanol–water partition coefficient (Wildman–Crippen LogP) is 4.01. The largest absolute Gasteiger partial charge is 0.530 e. The highest BCUT2D eigenvalue weighted by Gasteiger charge is 2.27. The molecule has 0 atom stereocenters. The molecule has 0 aromatic heterocycles. The third-order valence-corrected chi connectivity index (χ3v) is 3.66. The van der Waals surface area contributed by atoms with E-state index < -0.39 is 7.82 Å². The first-order chi connectivity index (χ1) is 7.59. The first kappa shape index (κ1) is 13.7. The lowest BCUT2D eigenvalue weighted by Crippen LogP contribution is -2.02. The smallest absolute Gasteiger partial charge is 0.404 e. The van der Waals surface area contributed by atoms with Gasteiger partial charge in [-0.15, -0.1) is 0 Å². The Kier molecular flexibility index (Phi) is 5.49. The van der Waals surface area contributed by atoms with Gasteiger partial charge in [0, 0.05) is 4.47 Å². The molecule has 1 aromatic carbocycles. The third-order valence-electron chi connectivity index (χ3n) is 1.59. The van der Waals surface area contributed by atoms with Crippen LogP contribution in [0.5, 0.6) is 5.75 Å². The fourth-order valence-corrected chi connectivity index (χ4v) is 2.62. The van der Waals surface area contributed by atoms with Crippen LogP contribution < -0.4 is 4.52 Å². The molecule has 1 aromatic rings. The average Bonchev–Trinajstić information content (AvgIpc) is 2.17. The van der Waals surface area contributed by atoms with Crippen LogP contribution in [0.4, 0.5) is 0 Å². The van der Waals surface area contributed by atoms with E-state index in [1.165, 1.54) is 0 Å². The highest BCUT2D eigenvalue weighted by Crippen LogP contribution is 2.49. The molecule has 0 heterocycles. The summed E-state index contributed by atoms with van der Waals surface area (Å²) in [4.78, 5) is 0. The fourth-order valence-electron chi connectivity index (χ4n) is 1.06. The molecule has 6 heteroatoms. The summed E-state index contributed by atoms with van der Waals surface area (Å²) < 4.78 is 28.1. The Hall–Kier alpha value is -0.350. The Morgan fingerprint density at radius 2 is 1.88 bits per heavy atom. The molecule has 0 unspecified atom stereocenters. The minimum absolute atomic E-state index is 0.269. The van der Waals surface area contributed by atoms with Gasteiger partial charge in [-0.1, -0.05) is 22.0 Å². The van der Waals surface area contributed by atoms with Crippen LogP contribution in [-0.4, -0.2) is 13.2 Å². The number of phosphoric acid groups is 1. The second-order valence-corrected chi connectivity index (χ2v) is 5.34. The molecule has 0 saturated carbocycles. The third kappa shape index (κ3) is 4.26. The zero-order valence-corrected chi connectivity index (χ0v) is 11.7. The van der Waals surface area contributed by atoms with Gasteiger partial charge in [0.15, 0.2) is 0 Å². The summed E-state index contributed by atoms with van der Waals surface area (Å²) in [7, 11) is -3.48. The molecule has 0 radical (unpaired) electrons. The first-order valence-electron chi connectivity index (χ1n) is 4.94. The van der Waals surface area contributed by atoms with Gasteiger partial charge in [0.2, 0.25) is 0 Å². The molecule has 90 valence electrons. The monoisotopic (exact) mass is 308 g/mol. The maximum Gasteiger partial charge on any atom is 0.530 e. The van der Waals surface area contributed by atoms with E-state index in [2.05, 4.69) is 15.9 Å². The number of hydrogen-bond donors (Lipinski definition) is 0. The number of phosphoric ester groups is 1. The lowest BCUT2D eigenvalue weighted by molar-refractivity contribution is 0.167. The van der Waals surface area contributed by atoms with Gasteiger partial charge in [-0.25, -0.2) is 4.57 Å². The van der Waals surface area contributed by atoms with Gasteiger partial charge in [-0.05, 0) is 32.0 Å². The maximum atomic E-state index is 12.0. The minimum Gasteiger partial charge on any atom is -0.404 e. The standard InChI is InChI=1S/C10H14BrO4P/c1-3-13-16(12,14-4-2)15-10-7-5-6-9(11)8-10/h5-8H,3-4H2,1-2H3. The molecule has 0 amide bonds. The van der Waals surface area contributed by atoms with Crippen molar-refractivity contribution in [2.75, 3.05) is 13.2 Å². The van der Waals surface area contributed by atoms with Crippen molar-refractivity contribution < 1.29 is 18.1 Å². The molecule has 16 heavy (non-hydrogen) atoms. The summed E-state index contributed by atoms with van der Waals surface area (Å²) in [6.07, 6.45) is 0. The lowest BCUT2D eigenvalue weighted by atomic mass is 10.3. The van der Waals surface area contributed by atoms with Crippen LogP contribution in [0, 0.1) is 0 Å². The van der Waals surface area contributed by atoms with Crippen molar-refractivity contribution in [2.24, 2.45) is 0 Å². The van der Waals surface area contributed by atoms with Gasteiger partial charge in [0.05, 0.1) is 13.2 Å². The van der Waals surface area contributed by atoms with E-state index in [0.717, 1.165) is 4.47 Å². The molecule has 0 saturated heterocycles. The van der Waals surface area contributed by atoms with Crippen molar-refractivity contribution in [1.29, 1.82) is 0 Å². The van der Waals surface area contributed by atoms with E-state index in [4.69, 9.17) is 13.6 Å². The fraction of sp³-hybridized carbons (Fsp3) is 0.400. The Morgan fingerprint density at radius 1 is 1.25 bits per heavy atom. The molecule has 0 N–H and O–H groups in total. The van der Waals surface area contributed by atoms with Gasteiger partial charge < -0.3 is 4.52 Å². The first-order valence-corrected chi connectivity index (χ1v) is 7.19. The maximum absolute atomic E-state index is 12.0. The highest BCUT2D eigenvalue weighted by molar-refractivity contribution is 9.10. The van der Waals surface area contributed by atoms with Gasteiger partial charge in [0.1, 0.15) is 5.75 Å². The Bertz CT molecular complexity index is 373. The van der Waals surface area contributed by atoms with E-state index in [1.807, 2.05) is 6.07 Å². The van der Waals surface area contributed by atoms with Crippen molar-refractivity contribution in [1.82, 2.24) is 0 Å². The highest BCUT2D eigenvalue weighted by atomic mass is 79.9. The average molecular weight is 309 g/mol. The molecular weight excluding hydrogens is 295 g/mol. The van der Waals surface area contributed by atoms with Crippen molar-refractivity contribution >= 4 is 23.8 Å². The van der Waals surface area contributed by atoms with E-state index in [1.54, 1.807) is 32.0 Å². The second-order valence-electron chi connectivity index (χ2n) is 2.83. The number of rotatable bonds is 6. The Labute approximate surface area is 104 Å². The molecular formula is C10H14BrO4P. The van der Waals surface area contributed by atoms with Crippen molar-refractivity contribution in [2.45, 2.75) is 13.8 Å². The van der Waals surface area contributed by atoms with E-state index in [0.29, 0.717) is 5.75 Å². The van der Waals surface area contributed by atoms with Gasteiger partial charge in [-0.2, -0.15) is 0 Å². The van der Waals surface area contributed by atoms with Crippen LogP contribution in [0.1, 0.15) is 13.8 Å². The Balaban J connectivity index is 2.79. The summed E-state index contributed by atoms with van der Waals surface area (Å²) in [5.41, 5.74) is 0. The zero-order chi connectivity index (χ0) is 12.0. The van der Waals surface area contributed by atoms with Crippen molar-refractivity contribution in [3.05, 3.63) is 28.7 Å². The number of halogens is 1. The number of hydrogen-bond acceptors (Lipinski definition) is 4. The predicted molar refractivity (Wildman–Crippen MR) is 65.6 cm³/mol. The van der Waals surface area contributed by atoms with Crippen LogP contribution in [0.3, 0.4) is 0 Å². The molecule has 0 fully saturated rings. The van der Waals surface area contributed by atoms with E-state index in [9.17, 15) is 4.57 Å². The quantitative estimate of drug-likeness (QED) is 0.745. The zero-order valence-electron chi connectivity index (χ0n) is 9.18. The summed E-state index contributed by atoms with van der Waals surface area (Å²) in [6, 6.07) is 7.01. The molecule has 0 bridgehead atoms. The van der Waals surface area contributed by atoms with Crippen LogP contribution in [0.25, 0.3) is 0 Å². The van der Waals surface area contributed by atoms with Crippen molar-refractivity contribution in [3.8, 4) is 5.75 Å². The topological polar surface area (TPSA) is 44.8 Å². The normalized spacial score (nSPS) is 11.4.